The summed E-state index contributed by atoms with van der Waals surface area (Å²) in [5.41, 5.74) is 4.52. The number of aromatic nitrogens is 3. The minimum atomic E-state index is -0.582. The van der Waals surface area contributed by atoms with E-state index in [0.29, 0.717) is 46.8 Å². The highest BCUT2D eigenvalue weighted by atomic mass is 16.5. The van der Waals surface area contributed by atoms with Crippen molar-refractivity contribution in [2.24, 2.45) is 0 Å². The number of nitrogens with zero attached hydrogens (tertiary/aromatic N) is 4. The van der Waals surface area contributed by atoms with Crippen LogP contribution in [0.5, 0.6) is 11.5 Å². The van der Waals surface area contributed by atoms with E-state index in [-0.39, 0.29) is 5.91 Å². The number of para-hydroxylation sites is 3. The standard InChI is InChI=1S/C30H32N6O3/c1-6-39-24-13-9-7-11-22(24)27-26(29(37)32-23-12-8-10-14-25(23)38-5)19(2)31-30-33-28(34-36(27)30)20-15-17-21(18-16-20)35(3)4/h7-18,27H,6H2,1-5H3,(H,32,37)(H,31,33,34). The maximum absolute atomic E-state index is 13.9. The molecule has 0 saturated carbocycles. The summed E-state index contributed by atoms with van der Waals surface area (Å²) in [6.45, 7) is 4.30. The summed E-state index contributed by atoms with van der Waals surface area (Å²) in [7, 11) is 5.57. The number of rotatable bonds is 8. The Hall–Kier alpha value is -4.79. The highest BCUT2D eigenvalue weighted by Crippen LogP contribution is 2.40. The predicted molar refractivity (Wildman–Crippen MR) is 153 cm³/mol. The maximum atomic E-state index is 13.9. The Morgan fingerprint density at radius 2 is 1.72 bits per heavy atom. The molecule has 1 aliphatic heterocycles. The molecule has 4 aromatic rings. The molecule has 3 aromatic carbocycles. The first-order valence-electron chi connectivity index (χ1n) is 12.8. The number of anilines is 3. The lowest BCUT2D eigenvalue weighted by Crippen LogP contribution is -2.31. The van der Waals surface area contributed by atoms with Gasteiger partial charge in [0.05, 0.1) is 25.0 Å². The van der Waals surface area contributed by atoms with Crippen LogP contribution in [0, 0.1) is 0 Å². The van der Waals surface area contributed by atoms with E-state index in [1.54, 1.807) is 17.9 Å². The Balaban J connectivity index is 1.61. The second-order valence-corrected chi connectivity index (χ2v) is 9.34. The largest absolute Gasteiger partial charge is 0.495 e. The molecule has 1 aromatic heterocycles. The molecule has 39 heavy (non-hydrogen) atoms. The van der Waals surface area contributed by atoms with Crippen LogP contribution in [0.3, 0.4) is 0 Å². The van der Waals surface area contributed by atoms with E-state index in [4.69, 9.17) is 19.6 Å². The van der Waals surface area contributed by atoms with Crippen molar-refractivity contribution in [1.82, 2.24) is 14.8 Å². The second-order valence-electron chi connectivity index (χ2n) is 9.34. The van der Waals surface area contributed by atoms with Crippen molar-refractivity contribution in [2.45, 2.75) is 19.9 Å². The van der Waals surface area contributed by atoms with Crippen molar-refractivity contribution in [3.8, 4) is 22.9 Å². The van der Waals surface area contributed by atoms with Crippen molar-refractivity contribution >= 4 is 23.2 Å². The average molecular weight is 525 g/mol. The highest BCUT2D eigenvalue weighted by molar-refractivity contribution is 6.06. The number of hydrogen-bond acceptors (Lipinski definition) is 7. The van der Waals surface area contributed by atoms with Gasteiger partial charge in [0.2, 0.25) is 5.95 Å². The van der Waals surface area contributed by atoms with Gasteiger partial charge in [-0.25, -0.2) is 4.68 Å². The molecule has 2 heterocycles. The molecule has 0 fully saturated rings. The quantitative estimate of drug-likeness (QED) is 0.321. The summed E-state index contributed by atoms with van der Waals surface area (Å²) in [6, 6.07) is 22.5. The van der Waals surface area contributed by atoms with Crippen LogP contribution in [-0.4, -0.2) is 48.5 Å². The smallest absolute Gasteiger partial charge is 0.255 e. The molecule has 1 amide bonds. The Labute approximate surface area is 228 Å². The SMILES string of the molecule is CCOc1ccccc1C1C(C(=O)Nc2ccccc2OC)=C(C)Nc2nc(-c3ccc(N(C)C)cc3)nn21. The van der Waals surface area contributed by atoms with Crippen molar-refractivity contribution in [2.75, 3.05) is 43.3 Å². The van der Waals surface area contributed by atoms with Gasteiger partial charge in [-0.1, -0.05) is 30.3 Å². The molecule has 0 bridgehead atoms. The van der Waals surface area contributed by atoms with Crippen molar-refractivity contribution in [1.29, 1.82) is 0 Å². The van der Waals surface area contributed by atoms with E-state index < -0.39 is 6.04 Å². The molecular weight excluding hydrogens is 492 g/mol. The van der Waals surface area contributed by atoms with Gasteiger partial charge in [0.25, 0.3) is 5.91 Å². The van der Waals surface area contributed by atoms with E-state index in [2.05, 4.69) is 10.6 Å². The summed E-state index contributed by atoms with van der Waals surface area (Å²) >= 11 is 0. The van der Waals surface area contributed by atoms with Gasteiger partial charge in [0.15, 0.2) is 5.82 Å². The van der Waals surface area contributed by atoms with Crippen LogP contribution in [0.1, 0.15) is 25.5 Å². The van der Waals surface area contributed by atoms with E-state index in [1.807, 2.05) is 99.6 Å². The van der Waals surface area contributed by atoms with E-state index in [9.17, 15) is 4.79 Å². The Morgan fingerprint density at radius 1 is 1.03 bits per heavy atom. The number of benzene rings is 3. The molecule has 1 atom stereocenters. The molecule has 0 saturated heterocycles. The molecule has 1 unspecified atom stereocenters. The van der Waals surface area contributed by atoms with Crippen LogP contribution >= 0.6 is 0 Å². The Morgan fingerprint density at radius 3 is 2.41 bits per heavy atom. The number of nitrogens with one attached hydrogen (secondary N) is 2. The minimum absolute atomic E-state index is 0.279. The first-order chi connectivity index (χ1) is 18.9. The van der Waals surface area contributed by atoms with Crippen molar-refractivity contribution in [3.63, 3.8) is 0 Å². The number of ether oxygens (including phenoxy) is 2. The molecule has 0 aliphatic carbocycles. The second kappa shape index (κ2) is 10.9. The van der Waals surface area contributed by atoms with Gasteiger partial charge in [0, 0.05) is 36.6 Å². The van der Waals surface area contributed by atoms with Crippen LogP contribution in [-0.2, 0) is 4.79 Å². The average Bonchev–Trinajstić information content (AvgIpc) is 3.37. The fourth-order valence-electron chi connectivity index (χ4n) is 4.69. The predicted octanol–water partition coefficient (Wildman–Crippen LogP) is 5.35. The van der Waals surface area contributed by atoms with Crippen molar-refractivity contribution in [3.05, 3.63) is 89.6 Å². The summed E-state index contributed by atoms with van der Waals surface area (Å²) in [5, 5.41) is 11.2. The summed E-state index contributed by atoms with van der Waals surface area (Å²) in [4.78, 5) is 20.8. The number of hydrogen-bond donors (Lipinski definition) is 2. The summed E-state index contributed by atoms with van der Waals surface area (Å²) in [5.74, 6) is 2.08. The van der Waals surface area contributed by atoms with Gasteiger partial charge in [-0.05, 0) is 56.3 Å². The molecule has 9 heteroatoms. The number of carbonyl (C=O) groups is 1. The van der Waals surface area contributed by atoms with E-state index >= 15 is 0 Å². The van der Waals surface area contributed by atoms with E-state index in [1.165, 1.54) is 0 Å². The highest BCUT2D eigenvalue weighted by Gasteiger charge is 2.36. The third-order valence-electron chi connectivity index (χ3n) is 6.61. The van der Waals surface area contributed by atoms with Gasteiger partial charge in [-0.2, -0.15) is 4.98 Å². The lowest BCUT2D eigenvalue weighted by molar-refractivity contribution is -0.113. The zero-order chi connectivity index (χ0) is 27.5. The maximum Gasteiger partial charge on any atom is 0.255 e. The van der Waals surface area contributed by atoms with Crippen LogP contribution < -0.4 is 25.0 Å². The molecule has 9 nitrogen and oxygen atoms in total. The molecule has 0 spiro atoms. The summed E-state index contributed by atoms with van der Waals surface area (Å²) in [6.07, 6.45) is 0. The van der Waals surface area contributed by atoms with Gasteiger partial charge < -0.3 is 25.0 Å². The zero-order valence-electron chi connectivity index (χ0n) is 22.7. The van der Waals surface area contributed by atoms with E-state index in [0.717, 1.165) is 16.8 Å². The van der Waals surface area contributed by atoms with Crippen molar-refractivity contribution < 1.29 is 14.3 Å². The number of fused-ring (bicyclic) bond motifs is 1. The molecule has 2 N–H and O–H groups in total. The van der Waals surface area contributed by atoms with Gasteiger partial charge in [0.1, 0.15) is 17.5 Å². The lowest BCUT2D eigenvalue weighted by atomic mass is 9.94. The van der Waals surface area contributed by atoms with Gasteiger partial charge >= 0.3 is 0 Å². The van der Waals surface area contributed by atoms with Gasteiger partial charge in [-0.15, -0.1) is 5.10 Å². The fraction of sp³-hybridized carbons (Fsp3) is 0.233. The summed E-state index contributed by atoms with van der Waals surface area (Å²) < 4.78 is 13.2. The monoisotopic (exact) mass is 524 g/mol. The molecule has 1 aliphatic rings. The van der Waals surface area contributed by atoms with Crippen LogP contribution in [0.2, 0.25) is 0 Å². The first kappa shape index (κ1) is 25.8. The Bertz CT molecular complexity index is 1520. The first-order valence-corrected chi connectivity index (χ1v) is 12.8. The number of carbonyl (C=O) groups excluding carboxylic acids is 1. The third kappa shape index (κ3) is 5.03. The molecule has 5 rings (SSSR count). The molecule has 0 radical (unpaired) electrons. The van der Waals surface area contributed by atoms with Gasteiger partial charge in [-0.3, -0.25) is 4.79 Å². The van der Waals surface area contributed by atoms with Crippen LogP contribution in [0.15, 0.2) is 84.1 Å². The number of allylic oxidation sites excluding steroid dienone is 1. The lowest BCUT2D eigenvalue weighted by Gasteiger charge is -2.29. The minimum Gasteiger partial charge on any atom is -0.495 e. The third-order valence-corrected chi connectivity index (χ3v) is 6.61. The fourth-order valence-corrected chi connectivity index (χ4v) is 4.69. The zero-order valence-corrected chi connectivity index (χ0v) is 22.7. The Kier molecular flexibility index (Phi) is 7.23. The topological polar surface area (TPSA) is 93.5 Å². The van der Waals surface area contributed by atoms with Crippen LogP contribution in [0.4, 0.5) is 17.3 Å². The number of methoxy groups -OCH3 is 1. The number of amides is 1. The normalized spacial score (nSPS) is 14.3. The molecular formula is C30H32N6O3. The molecule has 200 valence electrons. The van der Waals surface area contributed by atoms with Crippen LogP contribution in [0.25, 0.3) is 11.4 Å².